The number of aryl methyl sites for hydroxylation is 3. The van der Waals surface area contributed by atoms with Crippen LogP contribution in [-0.2, 0) is 6.54 Å². The zero-order valence-electron chi connectivity index (χ0n) is 15.0. The summed E-state index contributed by atoms with van der Waals surface area (Å²) in [6.45, 7) is 6.54. The van der Waals surface area contributed by atoms with E-state index >= 15 is 0 Å². The third kappa shape index (κ3) is 4.14. The van der Waals surface area contributed by atoms with Gasteiger partial charge in [0.25, 0.3) is 0 Å². The van der Waals surface area contributed by atoms with Crippen molar-refractivity contribution in [2.24, 2.45) is 0 Å². The maximum Gasteiger partial charge on any atom is 0.226 e. The van der Waals surface area contributed by atoms with Crippen molar-refractivity contribution < 1.29 is 19.4 Å². The summed E-state index contributed by atoms with van der Waals surface area (Å²) in [5.41, 5.74) is 3.83. The zero-order chi connectivity index (χ0) is 17.9. The molecule has 0 radical (unpaired) electrons. The summed E-state index contributed by atoms with van der Waals surface area (Å²) >= 11 is 0. The highest BCUT2D eigenvalue weighted by atomic mass is 16.5. The molecule has 0 aliphatic heterocycles. The van der Waals surface area contributed by atoms with E-state index in [0.29, 0.717) is 19.0 Å². The molecule has 1 unspecified atom stereocenters. The average molecular weight is 334 g/mol. The molecule has 132 valence electrons. The van der Waals surface area contributed by atoms with E-state index in [2.05, 4.69) is 4.98 Å². The molecule has 2 rings (SSSR count). The fourth-order valence-electron chi connectivity index (χ4n) is 2.67. The van der Waals surface area contributed by atoms with Gasteiger partial charge in [0.2, 0.25) is 5.89 Å². The van der Waals surface area contributed by atoms with Gasteiger partial charge in [0, 0.05) is 18.7 Å². The number of aliphatic hydroxyl groups excluding tert-OH is 2. The van der Waals surface area contributed by atoms with Gasteiger partial charge >= 0.3 is 0 Å². The van der Waals surface area contributed by atoms with Crippen LogP contribution in [0.1, 0.15) is 22.6 Å². The molecule has 0 fully saturated rings. The topological polar surface area (TPSA) is 79.0 Å². The van der Waals surface area contributed by atoms with E-state index in [4.69, 9.17) is 14.3 Å². The number of hydrogen-bond donors (Lipinski definition) is 2. The lowest BCUT2D eigenvalue weighted by Crippen LogP contribution is -2.31. The summed E-state index contributed by atoms with van der Waals surface area (Å²) in [6, 6.07) is 4.00. The molecular weight excluding hydrogens is 308 g/mol. The van der Waals surface area contributed by atoms with E-state index in [1.54, 1.807) is 7.11 Å². The predicted molar refractivity (Wildman–Crippen MR) is 92.1 cm³/mol. The highest BCUT2D eigenvalue weighted by molar-refractivity contribution is 5.62. The van der Waals surface area contributed by atoms with E-state index in [0.717, 1.165) is 33.9 Å². The van der Waals surface area contributed by atoms with Crippen molar-refractivity contribution in [1.82, 2.24) is 9.88 Å². The second-order valence-electron chi connectivity index (χ2n) is 6.19. The number of rotatable bonds is 7. The molecule has 6 nitrogen and oxygen atoms in total. The number of likely N-dealkylation sites (N-methyl/N-ethyl adjacent to an activating group) is 1. The SMILES string of the molecule is COc1cc(C)c(-c2nc(CN(C)CC(O)CO)c(C)o2)cc1C. The van der Waals surface area contributed by atoms with E-state index in [-0.39, 0.29) is 6.61 Å². The Morgan fingerprint density at radius 1 is 1.25 bits per heavy atom. The van der Waals surface area contributed by atoms with Gasteiger partial charge in [-0.15, -0.1) is 0 Å². The highest BCUT2D eigenvalue weighted by Crippen LogP contribution is 2.30. The first-order chi connectivity index (χ1) is 11.3. The third-order valence-corrected chi connectivity index (χ3v) is 4.02. The van der Waals surface area contributed by atoms with Crippen LogP contribution in [0, 0.1) is 20.8 Å². The lowest BCUT2D eigenvalue weighted by Gasteiger charge is -2.18. The van der Waals surface area contributed by atoms with Crippen molar-refractivity contribution in [1.29, 1.82) is 0 Å². The molecule has 0 bridgehead atoms. The van der Waals surface area contributed by atoms with Gasteiger partial charge in [0.05, 0.1) is 25.5 Å². The number of aromatic nitrogens is 1. The van der Waals surface area contributed by atoms with Crippen molar-refractivity contribution in [3.8, 4) is 17.2 Å². The van der Waals surface area contributed by atoms with Crippen LogP contribution in [0.15, 0.2) is 16.5 Å². The zero-order valence-corrected chi connectivity index (χ0v) is 15.0. The number of hydrogen-bond acceptors (Lipinski definition) is 6. The van der Waals surface area contributed by atoms with Crippen LogP contribution in [0.25, 0.3) is 11.5 Å². The largest absolute Gasteiger partial charge is 0.496 e. The minimum atomic E-state index is -0.756. The summed E-state index contributed by atoms with van der Waals surface area (Å²) in [5, 5.41) is 18.5. The summed E-state index contributed by atoms with van der Waals surface area (Å²) in [6.07, 6.45) is -0.756. The summed E-state index contributed by atoms with van der Waals surface area (Å²) in [4.78, 5) is 6.52. The smallest absolute Gasteiger partial charge is 0.226 e. The van der Waals surface area contributed by atoms with Crippen molar-refractivity contribution in [2.45, 2.75) is 33.4 Å². The van der Waals surface area contributed by atoms with Crippen LogP contribution in [0.4, 0.5) is 0 Å². The number of ether oxygens (including phenoxy) is 1. The Morgan fingerprint density at radius 3 is 2.58 bits per heavy atom. The normalized spacial score (nSPS) is 12.7. The third-order valence-electron chi connectivity index (χ3n) is 4.02. The van der Waals surface area contributed by atoms with Crippen molar-refractivity contribution >= 4 is 0 Å². The standard InChI is InChI=1S/C18H26N2O4/c1-11-7-17(23-5)12(2)6-15(11)18-19-16(13(3)24-18)9-20(4)8-14(22)10-21/h6-7,14,21-22H,8-10H2,1-5H3. The Balaban J connectivity index is 2.24. The molecule has 0 saturated carbocycles. The Bertz CT molecular complexity index is 697. The summed E-state index contributed by atoms with van der Waals surface area (Å²) < 4.78 is 11.2. The van der Waals surface area contributed by atoms with Crippen LogP contribution in [-0.4, -0.2) is 53.5 Å². The monoisotopic (exact) mass is 334 g/mol. The second-order valence-corrected chi connectivity index (χ2v) is 6.19. The molecule has 2 N–H and O–H groups in total. The van der Waals surface area contributed by atoms with Crippen LogP contribution in [0.2, 0.25) is 0 Å². The first-order valence-electron chi connectivity index (χ1n) is 7.95. The van der Waals surface area contributed by atoms with E-state index < -0.39 is 6.10 Å². The average Bonchev–Trinajstić information content (AvgIpc) is 2.89. The van der Waals surface area contributed by atoms with Gasteiger partial charge in [0.1, 0.15) is 11.5 Å². The highest BCUT2D eigenvalue weighted by Gasteiger charge is 2.17. The molecule has 1 aromatic carbocycles. The lowest BCUT2D eigenvalue weighted by molar-refractivity contribution is 0.0644. The van der Waals surface area contributed by atoms with Crippen molar-refractivity contribution in [3.05, 3.63) is 34.7 Å². The molecule has 0 amide bonds. The fourth-order valence-corrected chi connectivity index (χ4v) is 2.67. The first kappa shape index (κ1) is 18.4. The molecule has 0 spiro atoms. The number of nitrogens with zero attached hydrogens (tertiary/aromatic N) is 2. The van der Waals surface area contributed by atoms with Crippen LogP contribution in [0.3, 0.4) is 0 Å². The minimum absolute atomic E-state index is 0.252. The summed E-state index contributed by atoms with van der Waals surface area (Å²) in [7, 11) is 3.53. The molecule has 24 heavy (non-hydrogen) atoms. The quantitative estimate of drug-likeness (QED) is 0.807. The molecule has 0 aliphatic carbocycles. The van der Waals surface area contributed by atoms with Gasteiger partial charge in [-0.05, 0) is 51.1 Å². The van der Waals surface area contributed by atoms with Gasteiger partial charge in [-0.3, -0.25) is 4.90 Å². The van der Waals surface area contributed by atoms with Crippen LogP contribution < -0.4 is 4.74 Å². The van der Waals surface area contributed by atoms with Gasteiger partial charge in [0.15, 0.2) is 0 Å². The number of aliphatic hydroxyl groups is 2. The Hall–Kier alpha value is -1.89. The lowest BCUT2D eigenvalue weighted by atomic mass is 10.0. The minimum Gasteiger partial charge on any atom is -0.496 e. The Morgan fingerprint density at radius 2 is 1.96 bits per heavy atom. The molecule has 1 heterocycles. The number of oxazole rings is 1. The Labute approximate surface area is 142 Å². The number of benzene rings is 1. The van der Waals surface area contributed by atoms with Gasteiger partial charge in [-0.2, -0.15) is 0 Å². The number of methoxy groups -OCH3 is 1. The fraction of sp³-hybridized carbons (Fsp3) is 0.500. The van der Waals surface area contributed by atoms with E-state index in [1.165, 1.54) is 0 Å². The molecule has 2 aromatic rings. The molecule has 1 atom stereocenters. The molecule has 0 aliphatic rings. The maximum atomic E-state index is 9.53. The van der Waals surface area contributed by atoms with E-state index in [1.807, 2.05) is 44.9 Å². The first-order valence-corrected chi connectivity index (χ1v) is 7.95. The van der Waals surface area contributed by atoms with Crippen LogP contribution >= 0.6 is 0 Å². The van der Waals surface area contributed by atoms with Gasteiger partial charge < -0.3 is 19.4 Å². The van der Waals surface area contributed by atoms with Crippen molar-refractivity contribution in [3.63, 3.8) is 0 Å². The van der Waals surface area contributed by atoms with Crippen molar-refractivity contribution in [2.75, 3.05) is 27.3 Å². The predicted octanol–water partition coefficient (Wildman–Crippen LogP) is 2.06. The molecule has 6 heteroatoms. The van der Waals surface area contributed by atoms with Gasteiger partial charge in [-0.25, -0.2) is 4.98 Å². The van der Waals surface area contributed by atoms with Gasteiger partial charge in [-0.1, -0.05) is 0 Å². The second kappa shape index (κ2) is 7.79. The molecule has 1 aromatic heterocycles. The van der Waals surface area contributed by atoms with Crippen LogP contribution in [0.5, 0.6) is 5.75 Å². The maximum absolute atomic E-state index is 9.53. The molecular formula is C18H26N2O4. The summed E-state index contributed by atoms with van der Waals surface area (Å²) in [5.74, 6) is 2.18. The Kier molecular flexibility index (Phi) is 5.99. The molecule has 0 saturated heterocycles. The van der Waals surface area contributed by atoms with E-state index in [9.17, 15) is 5.11 Å².